The van der Waals surface area contributed by atoms with Gasteiger partial charge in [-0.2, -0.15) is 0 Å². The zero-order valence-corrected chi connectivity index (χ0v) is 17.7. The van der Waals surface area contributed by atoms with Gasteiger partial charge in [-0.25, -0.2) is 0 Å². The second kappa shape index (κ2) is 9.37. The molecule has 154 valence electrons. The molecule has 6 heteroatoms. The van der Waals surface area contributed by atoms with Crippen molar-refractivity contribution in [3.8, 4) is 0 Å². The van der Waals surface area contributed by atoms with Crippen molar-refractivity contribution in [3.05, 3.63) is 54.1 Å². The summed E-state index contributed by atoms with van der Waals surface area (Å²) in [7, 11) is 0. The van der Waals surface area contributed by atoms with E-state index in [1.807, 2.05) is 24.3 Å². The van der Waals surface area contributed by atoms with Crippen LogP contribution in [0, 0.1) is 0 Å². The number of benzene rings is 2. The molecule has 0 atom stereocenters. The van der Waals surface area contributed by atoms with Crippen molar-refractivity contribution in [3.63, 3.8) is 0 Å². The average Bonchev–Trinajstić information content (AvgIpc) is 2.62. The molecule has 2 rings (SSSR count). The van der Waals surface area contributed by atoms with Crippen LogP contribution in [0.3, 0.4) is 0 Å². The molecule has 6 nitrogen and oxygen atoms in total. The normalized spacial score (nSPS) is 10.9. The van der Waals surface area contributed by atoms with Crippen molar-refractivity contribution in [1.29, 1.82) is 0 Å². The first-order valence-corrected chi connectivity index (χ1v) is 9.63. The number of carbonyl (C=O) groups is 3. The van der Waals surface area contributed by atoms with Crippen LogP contribution in [0.1, 0.15) is 46.6 Å². The van der Waals surface area contributed by atoms with Gasteiger partial charge in [0.1, 0.15) is 0 Å². The summed E-state index contributed by atoms with van der Waals surface area (Å²) in [4.78, 5) is 37.3. The summed E-state index contributed by atoms with van der Waals surface area (Å²) >= 11 is 0. The lowest BCUT2D eigenvalue weighted by molar-refractivity contribution is -0.117. The summed E-state index contributed by atoms with van der Waals surface area (Å²) in [6.07, 6.45) is 0.172. The molecule has 0 aliphatic carbocycles. The van der Waals surface area contributed by atoms with Crippen LogP contribution in [0.15, 0.2) is 48.5 Å². The SMILES string of the molecule is CC(=O)Nc1ccc(N(CCC(=O)Nc2ccccc2C(C)(C)C)C(C)=O)cc1. The molecule has 0 heterocycles. The number of anilines is 3. The quantitative estimate of drug-likeness (QED) is 0.764. The molecule has 0 unspecified atom stereocenters. The molecule has 0 radical (unpaired) electrons. The Balaban J connectivity index is 2.05. The molecule has 0 aliphatic heterocycles. The number of hydrogen-bond donors (Lipinski definition) is 2. The van der Waals surface area contributed by atoms with Gasteiger partial charge in [0, 0.05) is 43.9 Å². The van der Waals surface area contributed by atoms with Gasteiger partial charge < -0.3 is 15.5 Å². The van der Waals surface area contributed by atoms with E-state index >= 15 is 0 Å². The van der Waals surface area contributed by atoms with Gasteiger partial charge in [-0.3, -0.25) is 14.4 Å². The first kappa shape index (κ1) is 22.1. The highest BCUT2D eigenvalue weighted by atomic mass is 16.2. The molecule has 2 aromatic carbocycles. The smallest absolute Gasteiger partial charge is 0.226 e. The maximum absolute atomic E-state index is 12.5. The molecule has 2 N–H and O–H groups in total. The van der Waals surface area contributed by atoms with Gasteiger partial charge >= 0.3 is 0 Å². The Labute approximate surface area is 172 Å². The van der Waals surface area contributed by atoms with Gasteiger partial charge in [0.25, 0.3) is 0 Å². The van der Waals surface area contributed by atoms with Crippen LogP contribution in [0.4, 0.5) is 17.1 Å². The molecule has 0 aliphatic rings. The van der Waals surface area contributed by atoms with Gasteiger partial charge in [-0.15, -0.1) is 0 Å². The summed E-state index contributed by atoms with van der Waals surface area (Å²) in [5.41, 5.74) is 3.09. The van der Waals surface area contributed by atoms with E-state index in [4.69, 9.17) is 0 Å². The Bertz CT molecular complexity index is 883. The third-order valence-corrected chi connectivity index (χ3v) is 4.45. The summed E-state index contributed by atoms with van der Waals surface area (Å²) in [6.45, 7) is 9.46. The lowest BCUT2D eigenvalue weighted by atomic mass is 9.86. The Kier molecular flexibility index (Phi) is 7.15. The number of nitrogens with zero attached hydrogens (tertiary/aromatic N) is 1. The molecule has 0 saturated heterocycles. The first-order chi connectivity index (χ1) is 13.6. The number of hydrogen-bond acceptors (Lipinski definition) is 3. The van der Waals surface area contributed by atoms with E-state index in [0.29, 0.717) is 11.4 Å². The largest absolute Gasteiger partial charge is 0.326 e. The van der Waals surface area contributed by atoms with Crippen molar-refractivity contribution < 1.29 is 14.4 Å². The molecule has 0 saturated carbocycles. The minimum absolute atomic E-state index is 0.0923. The van der Waals surface area contributed by atoms with Crippen LogP contribution in [-0.2, 0) is 19.8 Å². The van der Waals surface area contributed by atoms with Crippen molar-refractivity contribution in [2.24, 2.45) is 0 Å². The molecule has 0 aromatic heterocycles. The Morgan fingerprint density at radius 2 is 1.52 bits per heavy atom. The highest BCUT2D eigenvalue weighted by Gasteiger charge is 2.19. The van der Waals surface area contributed by atoms with E-state index in [1.165, 1.54) is 13.8 Å². The van der Waals surface area contributed by atoms with E-state index in [2.05, 4.69) is 31.4 Å². The minimum Gasteiger partial charge on any atom is -0.326 e. The van der Waals surface area contributed by atoms with Crippen LogP contribution in [0.2, 0.25) is 0 Å². The fourth-order valence-corrected chi connectivity index (χ4v) is 3.07. The van der Waals surface area contributed by atoms with Crippen molar-refractivity contribution in [1.82, 2.24) is 0 Å². The van der Waals surface area contributed by atoms with Crippen molar-refractivity contribution in [2.45, 2.75) is 46.5 Å². The maximum Gasteiger partial charge on any atom is 0.226 e. The molecular weight excluding hydrogens is 366 g/mol. The highest BCUT2D eigenvalue weighted by molar-refractivity contribution is 5.95. The van der Waals surface area contributed by atoms with Gasteiger partial charge in [-0.05, 0) is 41.3 Å². The summed E-state index contributed by atoms with van der Waals surface area (Å²) in [5.74, 6) is -0.462. The molecule has 0 fully saturated rings. The monoisotopic (exact) mass is 395 g/mol. The predicted octanol–water partition coefficient (Wildman–Crippen LogP) is 4.32. The molecule has 0 bridgehead atoms. The van der Waals surface area contributed by atoms with E-state index in [0.717, 1.165) is 11.3 Å². The van der Waals surface area contributed by atoms with Crippen LogP contribution in [0.25, 0.3) is 0 Å². The molecule has 0 spiro atoms. The van der Waals surface area contributed by atoms with E-state index in [-0.39, 0.29) is 36.1 Å². The molecule has 29 heavy (non-hydrogen) atoms. The van der Waals surface area contributed by atoms with Crippen LogP contribution in [0.5, 0.6) is 0 Å². The Hall–Kier alpha value is -3.15. The summed E-state index contributed by atoms with van der Waals surface area (Å²) in [6, 6.07) is 14.7. The Morgan fingerprint density at radius 1 is 0.897 bits per heavy atom. The minimum atomic E-state index is -0.159. The number of nitrogens with one attached hydrogen (secondary N) is 2. The van der Waals surface area contributed by atoms with Crippen molar-refractivity contribution in [2.75, 3.05) is 22.1 Å². The van der Waals surface area contributed by atoms with E-state index < -0.39 is 0 Å². The van der Waals surface area contributed by atoms with Gasteiger partial charge in [-0.1, -0.05) is 39.0 Å². The second-order valence-corrected chi connectivity index (χ2v) is 7.99. The van der Waals surface area contributed by atoms with E-state index in [1.54, 1.807) is 29.2 Å². The third kappa shape index (κ3) is 6.45. The van der Waals surface area contributed by atoms with Gasteiger partial charge in [0.05, 0.1) is 0 Å². The highest BCUT2D eigenvalue weighted by Crippen LogP contribution is 2.29. The standard InChI is InChI=1S/C23H29N3O3/c1-16(27)24-18-10-12-19(13-11-18)26(17(2)28)15-14-22(29)25-21-9-7-6-8-20(21)23(3,4)5/h6-13H,14-15H2,1-5H3,(H,24,27)(H,25,29). The van der Waals surface area contributed by atoms with Crippen molar-refractivity contribution >= 4 is 34.8 Å². The Morgan fingerprint density at radius 3 is 2.07 bits per heavy atom. The lowest BCUT2D eigenvalue weighted by Gasteiger charge is -2.24. The second-order valence-electron chi connectivity index (χ2n) is 7.99. The number of rotatable bonds is 6. The number of para-hydroxylation sites is 1. The van der Waals surface area contributed by atoms with Gasteiger partial charge in [0.2, 0.25) is 17.7 Å². The topological polar surface area (TPSA) is 78.5 Å². The number of amides is 3. The molecular formula is C23H29N3O3. The first-order valence-electron chi connectivity index (χ1n) is 9.63. The van der Waals surface area contributed by atoms with E-state index in [9.17, 15) is 14.4 Å². The fourth-order valence-electron chi connectivity index (χ4n) is 3.07. The predicted molar refractivity (Wildman–Crippen MR) is 117 cm³/mol. The third-order valence-electron chi connectivity index (χ3n) is 4.45. The maximum atomic E-state index is 12.5. The fraction of sp³-hybridized carbons (Fsp3) is 0.348. The molecule has 3 amide bonds. The summed E-state index contributed by atoms with van der Waals surface area (Å²) < 4.78 is 0. The number of carbonyl (C=O) groups excluding carboxylic acids is 3. The van der Waals surface area contributed by atoms with Gasteiger partial charge in [0.15, 0.2) is 0 Å². The summed E-state index contributed by atoms with van der Waals surface area (Å²) in [5, 5.41) is 5.66. The lowest BCUT2D eigenvalue weighted by Crippen LogP contribution is -2.32. The van der Waals surface area contributed by atoms with Crippen LogP contribution in [-0.4, -0.2) is 24.3 Å². The van der Waals surface area contributed by atoms with Crippen LogP contribution >= 0.6 is 0 Å². The average molecular weight is 396 g/mol. The van der Waals surface area contributed by atoms with Crippen LogP contribution < -0.4 is 15.5 Å². The zero-order valence-electron chi connectivity index (χ0n) is 17.7. The zero-order chi connectivity index (χ0) is 21.6. The molecule has 2 aromatic rings.